The van der Waals surface area contributed by atoms with Gasteiger partial charge < -0.3 is 15.0 Å². The van der Waals surface area contributed by atoms with Crippen molar-refractivity contribution < 1.29 is 27.5 Å². The fourth-order valence-electron chi connectivity index (χ4n) is 2.58. The number of nitrogens with zero attached hydrogens (tertiary/aromatic N) is 1. The molecule has 29 heavy (non-hydrogen) atoms. The Kier molecular flexibility index (Phi) is 7.25. The van der Waals surface area contributed by atoms with Crippen LogP contribution in [-0.4, -0.2) is 42.6 Å². The fourth-order valence-corrected chi connectivity index (χ4v) is 2.58. The van der Waals surface area contributed by atoms with Crippen LogP contribution in [0.4, 0.5) is 13.2 Å². The molecule has 2 amide bonds. The highest BCUT2D eigenvalue weighted by atomic mass is 19.4. The zero-order valence-corrected chi connectivity index (χ0v) is 16.4. The molecule has 0 saturated heterocycles. The van der Waals surface area contributed by atoms with E-state index in [-0.39, 0.29) is 18.0 Å². The molecule has 1 N–H and O–H groups in total. The van der Waals surface area contributed by atoms with Gasteiger partial charge in [0.25, 0.3) is 11.8 Å². The molecule has 0 aliphatic heterocycles. The lowest BCUT2D eigenvalue weighted by atomic mass is 10.1. The first kappa shape index (κ1) is 22.3. The minimum absolute atomic E-state index is 0.114. The molecule has 0 aliphatic rings. The van der Waals surface area contributed by atoms with Gasteiger partial charge in [-0.3, -0.25) is 9.59 Å². The van der Waals surface area contributed by atoms with Crippen molar-refractivity contribution >= 4 is 11.8 Å². The van der Waals surface area contributed by atoms with Gasteiger partial charge in [0, 0.05) is 19.2 Å². The van der Waals surface area contributed by atoms with E-state index < -0.39 is 24.7 Å². The van der Waals surface area contributed by atoms with Gasteiger partial charge in [0.15, 0.2) is 6.10 Å². The summed E-state index contributed by atoms with van der Waals surface area (Å²) < 4.78 is 42.2. The molecule has 0 aromatic heterocycles. The third-order valence-electron chi connectivity index (χ3n) is 4.14. The summed E-state index contributed by atoms with van der Waals surface area (Å²) in [5.74, 6) is -0.435. The number of benzene rings is 2. The zero-order valence-electron chi connectivity index (χ0n) is 16.4. The number of nitrogens with one attached hydrogen (secondary N) is 1. The smallest absolute Gasteiger partial charge is 0.405 e. The molecular formula is C21H23F3N2O3. The van der Waals surface area contributed by atoms with Gasteiger partial charge in [-0.25, -0.2) is 0 Å². The van der Waals surface area contributed by atoms with Gasteiger partial charge >= 0.3 is 6.18 Å². The number of amides is 2. The first-order chi connectivity index (χ1) is 13.5. The fraction of sp³-hybridized carbons (Fsp3) is 0.333. The second kappa shape index (κ2) is 9.45. The average molecular weight is 408 g/mol. The predicted molar refractivity (Wildman–Crippen MR) is 103 cm³/mol. The minimum atomic E-state index is -4.46. The third-order valence-corrected chi connectivity index (χ3v) is 4.14. The maximum atomic E-state index is 12.5. The number of halogens is 3. The number of likely N-dealkylation sites (N-methyl/N-ethyl adjacent to an activating group) is 1. The number of alkyl halides is 3. The van der Waals surface area contributed by atoms with Crippen molar-refractivity contribution in [2.75, 3.05) is 13.6 Å². The lowest BCUT2D eigenvalue weighted by Gasteiger charge is -2.22. The number of carbonyl (C=O) groups excluding carboxylic acids is 2. The molecule has 1 atom stereocenters. The Balaban J connectivity index is 1.90. The van der Waals surface area contributed by atoms with Crippen molar-refractivity contribution in [3.05, 3.63) is 65.2 Å². The summed E-state index contributed by atoms with van der Waals surface area (Å²) in [6.45, 7) is 2.50. The maximum Gasteiger partial charge on any atom is 0.405 e. The maximum absolute atomic E-state index is 12.5. The first-order valence-corrected chi connectivity index (χ1v) is 8.97. The normalized spacial score (nSPS) is 12.2. The highest BCUT2D eigenvalue weighted by molar-refractivity contribution is 5.94. The number of rotatable bonds is 7. The van der Waals surface area contributed by atoms with E-state index >= 15 is 0 Å². The summed E-state index contributed by atoms with van der Waals surface area (Å²) in [7, 11) is 1.63. The summed E-state index contributed by atoms with van der Waals surface area (Å²) >= 11 is 0. The van der Waals surface area contributed by atoms with Crippen LogP contribution in [0.3, 0.4) is 0 Å². The van der Waals surface area contributed by atoms with E-state index in [1.54, 1.807) is 38.2 Å². The van der Waals surface area contributed by atoms with Crippen LogP contribution in [0.5, 0.6) is 5.75 Å². The predicted octanol–water partition coefficient (Wildman–Crippen LogP) is 3.71. The lowest BCUT2D eigenvalue weighted by Crippen LogP contribution is -2.37. The van der Waals surface area contributed by atoms with Crippen LogP contribution in [-0.2, 0) is 11.3 Å². The van der Waals surface area contributed by atoms with Crippen molar-refractivity contribution in [1.82, 2.24) is 10.2 Å². The van der Waals surface area contributed by atoms with E-state index in [1.165, 1.54) is 17.0 Å². The summed E-state index contributed by atoms with van der Waals surface area (Å²) in [5, 5.41) is 1.81. The minimum Gasteiger partial charge on any atom is -0.481 e. The van der Waals surface area contributed by atoms with E-state index in [0.717, 1.165) is 11.1 Å². The van der Waals surface area contributed by atoms with Gasteiger partial charge in [0.05, 0.1) is 0 Å². The highest BCUT2D eigenvalue weighted by Crippen LogP contribution is 2.15. The Hall–Kier alpha value is -3.03. The molecule has 2 aromatic carbocycles. The SMILES string of the molecule is Cc1ccc(OC(C)C(=O)N(C)Cc2ccc(C(=O)NCC(F)(F)F)cc2)cc1. The van der Waals surface area contributed by atoms with E-state index in [9.17, 15) is 22.8 Å². The molecule has 0 aliphatic carbocycles. The van der Waals surface area contributed by atoms with Gasteiger partial charge in [-0.1, -0.05) is 29.8 Å². The monoisotopic (exact) mass is 408 g/mol. The Morgan fingerprint density at radius 2 is 1.66 bits per heavy atom. The number of hydrogen-bond donors (Lipinski definition) is 1. The van der Waals surface area contributed by atoms with E-state index in [1.807, 2.05) is 24.4 Å². The van der Waals surface area contributed by atoms with Gasteiger partial charge in [-0.2, -0.15) is 13.2 Å². The Bertz CT molecular complexity index is 834. The molecule has 0 heterocycles. The van der Waals surface area contributed by atoms with Gasteiger partial charge in [0.1, 0.15) is 12.3 Å². The molecule has 8 heteroatoms. The van der Waals surface area contributed by atoms with Crippen LogP contribution in [0.15, 0.2) is 48.5 Å². The van der Waals surface area contributed by atoms with Crippen LogP contribution in [0.25, 0.3) is 0 Å². The number of aryl methyl sites for hydroxylation is 1. The molecule has 1 unspecified atom stereocenters. The van der Waals surface area contributed by atoms with Crippen molar-refractivity contribution in [2.45, 2.75) is 32.7 Å². The van der Waals surface area contributed by atoms with Crippen LogP contribution >= 0.6 is 0 Å². The van der Waals surface area contributed by atoms with Crippen LogP contribution in [0.2, 0.25) is 0 Å². The van der Waals surface area contributed by atoms with Gasteiger partial charge in [-0.05, 0) is 43.7 Å². The van der Waals surface area contributed by atoms with Crippen molar-refractivity contribution in [3.63, 3.8) is 0 Å². The Labute approximate surface area is 167 Å². The molecule has 0 spiro atoms. The van der Waals surface area contributed by atoms with Gasteiger partial charge in [0.2, 0.25) is 0 Å². The molecular weight excluding hydrogens is 385 g/mol. The topological polar surface area (TPSA) is 58.6 Å². The van der Waals surface area contributed by atoms with Crippen LogP contribution < -0.4 is 10.1 Å². The Morgan fingerprint density at radius 1 is 1.07 bits per heavy atom. The summed E-state index contributed by atoms with van der Waals surface area (Å²) in [6, 6.07) is 13.4. The molecule has 0 radical (unpaired) electrons. The van der Waals surface area contributed by atoms with Crippen LogP contribution in [0, 0.1) is 6.92 Å². The summed E-state index contributed by atoms with van der Waals surface area (Å²) in [6.07, 6.45) is -5.15. The third kappa shape index (κ3) is 7.14. The number of carbonyl (C=O) groups is 2. The quantitative estimate of drug-likeness (QED) is 0.760. The van der Waals surface area contributed by atoms with Gasteiger partial charge in [-0.15, -0.1) is 0 Å². The van der Waals surface area contributed by atoms with E-state index in [0.29, 0.717) is 5.75 Å². The summed E-state index contributed by atoms with van der Waals surface area (Å²) in [5.41, 5.74) is 1.93. The Morgan fingerprint density at radius 3 is 2.21 bits per heavy atom. The first-order valence-electron chi connectivity index (χ1n) is 8.97. The molecule has 0 saturated carbocycles. The average Bonchev–Trinajstić information content (AvgIpc) is 2.67. The highest BCUT2D eigenvalue weighted by Gasteiger charge is 2.28. The second-order valence-electron chi connectivity index (χ2n) is 6.76. The molecule has 156 valence electrons. The second-order valence-corrected chi connectivity index (χ2v) is 6.76. The number of ether oxygens (including phenoxy) is 1. The standard InChI is InChI=1S/C21H23F3N2O3/c1-14-4-10-18(11-5-14)29-15(2)20(28)26(3)12-16-6-8-17(9-7-16)19(27)25-13-21(22,23)24/h4-11,15H,12-13H2,1-3H3,(H,25,27). The van der Waals surface area contributed by atoms with E-state index in [4.69, 9.17) is 4.74 Å². The lowest BCUT2D eigenvalue weighted by molar-refractivity contribution is -0.137. The molecule has 2 rings (SSSR count). The molecule has 0 bridgehead atoms. The number of hydrogen-bond acceptors (Lipinski definition) is 3. The van der Waals surface area contributed by atoms with Crippen molar-refractivity contribution in [1.29, 1.82) is 0 Å². The van der Waals surface area contributed by atoms with Crippen molar-refractivity contribution in [2.24, 2.45) is 0 Å². The molecule has 5 nitrogen and oxygen atoms in total. The summed E-state index contributed by atoms with van der Waals surface area (Å²) in [4.78, 5) is 25.7. The molecule has 2 aromatic rings. The van der Waals surface area contributed by atoms with E-state index in [2.05, 4.69) is 0 Å². The molecule has 0 fully saturated rings. The zero-order chi connectivity index (χ0) is 21.6. The van der Waals surface area contributed by atoms with Crippen LogP contribution in [0.1, 0.15) is 28.4 Å². The van der Waals surface area contributed by atoms with Crippen molar-refractivity contribution in [3.8, 4) is 5.75 Å². The largest absolute Gasteiger partial charge is 0.481 e.